The van der Waals surface area contributed by atoms with E-state index in [0.29, 0.717) is 13.1 Å². The number of piperazine rings is 1. The van der Waals surface area contributed by atoms with Crippen LogP contribution in [0.2, 0.25) is 0 Å². The van der Waals surface area contributed by atoms with Crippen LogP contribution in [0.4, 0.5) is 24.5 Å². The maximum atomic E-state index is 13.8. The summed E-state index contributed by atoms with van der Waals surface area (Å²) in [7, 11) is 0. The van der Waals surface area contributed by atoms with Gasteiger partial charge in [0.05, 0.1) is 12.1 Å². The number of rotatable bonds is 7. The minimum absolute atomic E-state index is 0.0840. The van der Waals surface area contributed by atoms with E-state index in [1.54, 1.807) is 6.20 Å². The number of carbonyl (C=O) groups excluding carboxylic acids is 1. The Hall–Kier alpha value is -3.89. The largest absolute Gasteiger partial charge is 0.416 e. The zero-order chi connectivity index (χ0) is 26.7. The van der Waals surface area contributed by atoms with Crippen LogP contribution in [-0.2, 0) is 17.5 Å². The molecule has 2 aromatic carbocycles. The SMILES string of the molecule is Cc1cc2cc(-c3ccc(NCC(=O)Nc4ccc(CN5CCNCC5)c(C(F)(F)F)c4)cc3)cnc2[nH]1. The highest BCUT2D eigenvalue weighted by Gasteiger charge is 2.34. The van der Waals surface area contributed by atoms with Gasteiger partial charge in [0.25, 0.3) is 0 Å². The molecule has 0 saturated carbocycles. The molecule has 0 bridgehead atoms. The Labute approximate surface area is 218 Å². The Morgan fingerprint density at radius 2 is 1.74 bits per heavy atom. The van der Waals surface area contributed by atoms with Gasteiger partial charge in [-0.15, -0.1) is 0 Å². The second-order valence-electron chi connectivity index (χ2n) is 9.49. The van der Waals surface area contributed by atoms with Gasteiger partial charge < -0.3 is 20.9 Å². The lowest BCUT2D eigenvalue weighted by Crippen LogP contribution is -2.43. The number of benzene rings is 2. The molecular formula is C28H29F3N6O. The van der Waals surface area contributed by atoms with Crippen LogP contribution in [0, 0.1) is 6.92 Å². The molecule has 1 fully saturated rings. The van der Waals surface area contributed by atoms with Gasteiger partial charge in [-0.3, -0.25) is 9.69 Å². The summed E-state index contributed by atoms with van der Waals surface area (Å²) in [4.78, 5) is 22.1. The van der Waals surface area contributed by atoms with Crippen molar-refractivity contribution in [2.45, 2.75) is 19.6 Å². The van der Waals surface area contributed by atoms with Crippen LogP contribution in [-0.4, -0.2) is 53.5 Å². The van der Waals surface area contributed by atoms with Crippen LogP contribution in [0.3, 0.4) is 0 Å². The van der Waals surface area contributed by atoms with Crippen molar-refractivity contribution in [2.24, 2.45) is 0 Å². The first-order valence-corrected chi connectivity index (χ1v) is 12.5. The Morgan fingerprint density at radius 3 is 2.47 bits per heavy atom. The molecule has 1 aliphatic heterocycles. The molecule has 0 unspecified atom stereocenters. The van der Waals surface area contributed by atoms with Crippen molar-refractivity contribution < 1.29 is 18.0 Å². The molecule has 3 heterocycles. The molecule has 10 heteroatoms. The summed E-state index contributed by atoms with van der Waals surface area (Å²) in [6.07, 6.45) is -2.71. The number of carbonyl (C=O) groups is 1. The molecule has 4 N–H and O–H groups in total. The lowest BCUT2D eigenvalue weighted by Gasteiger charge is -2.28. The summed E-state index contributed by atoms with van der Waals surface area (Å²) in [5.41, 5.74) is 4.16. The summed E-state index contributed by atoms with van der Waals surface area (Å²) >= 11 is 0. The molecule has 0 spiro atoms. The lowest BCUT2D eigenvalue weighted by molar-refractivity contribution is -0.138. The standard InChI is InChI=1S/C28H29F3N6O/c1-18-12-21-13-22(15-34-27(21)35-18)19-2-5-23(6-3-19)33-16-26(38)36-24-7-4-20(25(14-24)28(29,30)31)17-37-10-8-32-9-11-37/h2-7,12-15,32-33H,8-11,16-17H2,1H3,(H,34,35)(H,36,38). The summed E-state index contributed by atoms with van der Waals surface area (Å²) in [5, 5.41) is 9.82. The second kappa shape index (κ2) is 10.8. The number of H-pyrrole nitrogens is 1. The van der Waals surface area contributed by atoms with Crippen molar-refractivity contribution in [1.29, 1.82) is 0 Å². The highest BCUT2D eigenvalue weighted by Crippen LogP contribution is 2.34. The molecule has 0 radical (unpaired) electrons. The summed E-state index contributed by atoms with van der Waals surface area (Å²) < 4.78 is 41.3. The van der Waals surface area contributed by atoms with Crippen molar-refractivity contribution in [2.75, 3.05) is 43.4 Å². The van der Waals surface area contributed by atoms with Gasteiger partial charge >= 0.3 is 6.18 Å². The normalized spacial score (nSPS) is 14.5. The summed E-state index contributed by atoms with van der Waals surface area (Å²) in [6, 6.07) is 15.6. The number of anilines is 2. The van der Waals surface area contributed by atoms with Crippen LogP contribution < -0.4 is 16.0 Å². The van der Waals surface area contributed by atoms with E-state index in [9.17, 15) is 18.0 Å². The first kappa shape index (κ1) is 25.7. The van der Waals surface area contributed by atoms with Crippen LogP contribution >= 0.6 is 0 Å². The molecule has 1 aliphatic rings. The number of pyridine rings is 1. The molecule has 2 aromatic heterocycles. The highest BCUT2D eigenvalue weighted by atomic mass is 19.4. The van der Waals surface area contributed by atoms with E-state index in [-0.39, 0.29) is 24.3 Å². The Bertz CT molecular complexity index is 1430. The van der Waals surface area contributed by atoms with Crippen molar-refractivity contribution in [1.82, 2.24) is 20.2 Å². The van der Waals surface area contributed by atoms with E-state index in [1.807, 2.05) is 42.2 Å². The molecule has 38 heavy (non-hydrogen) atoms. The minimum atomic E-state index is -4.51. The number of amides is 1. The number of aromatic nitrogens is 2. The molecule has 5 rings (SSSR count). The van der Waals surface area contributed by atoms with Crippen molar-refractivity contribution in [3.05, 3.63) is 77.6 Å². The van der Waals surface area contributed by atoms with Crippen LogP contribution in [0.25, 0.3) is 22.2 Å². The van der Waals surface area contributed by atoms with E-state index >= 15 is 0 Å². The Morgan fingerprint density at radius 1 is 1.00 bits per heavy atom. The van der Waals surface area contributed by atoms with Gasteiger partial charge in [0, 0.05) is 66.9 Å². The fourth-order valence-corrected chi connectivity index (χ4v) is 4.64. The summed E-state index contributed by atoms with van der Waals surface area (Å²) in [5.74, 6) is -0.436. The number of nitrogens with zero attached hydrogens (tertiary/aromatic N) is 2. The maximum absolute atomic E-state index is 13.8. The van der Waals surface area contributed by atoms with Crippen molar-refractivity contribution >= 4 is 28.3 Å². The van der Waals surface area contributed by atoms with Gasteiger partial charge in [-0.25, -0.2) is 4.98 Å². The average Bonchev–Trinajstić information content (AvgIpc) is 3.28. The molecule has 1 saturated heterocycles. The second-order valence-corrected chi connectivity index (χ2v) is 9.49. The number of aryl methyl sites for hydroxylation is 1. The van der Waals surface area contributed by atoms with Crippen molar-refractivity contribution in [3.8, 4) is 11.1 Å². The number of hydrogen-bond acceptors (Lipinski definition) is 5. The van der Waals surface area contributed by atoms with E-state index in [1.165, 1.54) is 12.1 Å². The summed E-state index contributed by atoms with van der Waals surface area (Å²) in [6.45, 7) is 5.02. The fraction of sp³-hybridized carbons (Fsp3) is 0.286. The Balaban J connectivity index is 1.20. The first-order valence-electron chi connectivity index (χ1n) is 12.5. The predicted molar refractivity (Wildman–Crippen MR) is 143 cm³/mol. The third-order valence-corrected chi connectivity index (χ3v) is 6.58. The molecule has 0 atom stereocenters. The van der Waals surface area contributed by atoms with Gasteiger partial charge in [0.15, 0.2) is 0 Å². The van der Waals surface area contributed by atoms with E-state index in [0.717, 1.165) is 52.7 Å². The van der Waals surface area contributed by atoms with Gasteiger partial charge in [-0.1, -0.05) is 18.2 Å². The number of alkyl halides is 3. The number of hydrogen-bond donors (Lipinski definition) is 4. The third kappa shape index (κ3) is 6.15. The quantitative estimate of drug-likeness (QED) is 0.274. The molecule has 198 valence electrons. The smallest absolute Gasteiger partial charge is 0.376 e. The molecular weight excluding hydrogens is 493 g/mol. The predicted octanol–water partition coefficient (Wildman–Crippen LogP) is 5.01. The molecule has 1 amide bonds. The van der Waals surface area contributed by atoms with Crippen molar-refractivity contribution in [3.63, 3.8) is 0 Å². The number of fused-ring (bicyclic) bond motifs is 1. The zero-order valence-electron chi connectivity index (χ0n) is 21.0. The maximum Gasteiger partial charge on any atom is 0.416 e. The van der Waals surface area contributed by atoms with E-state index in [2.05, 4.69) is 32.0 Å². The van der Waals surface area contributed by atoms with Crippen LogP contribution in [0.15, 0.2) is 60.8 Å². The zero-order valence-corrected chi connectivity index (χ0v) is 21.0. The van der Waals surface area contributed by atoms with Crippen LogP contribution in [0.1, 0.15) is 16.8 Å². The minimum Gasteiger partial charge on any atom is -0.376 e. The number of aromatic amines is 1. The van der Waals surface area contributed by atoms with E-state index in [4.69, 9.17) is 0 Å². The lowest BCUT2D eigenvalue weighted by atomic mass is 10.0. The van der Waals surface area contributed by atoms with Gasteiger partial charge in [0.1, 0.15) is 5.65 Å². The van der Waals surface area contributed by atoms with E-state index < -0.39 is 17.6 Å². The number of halogens is 3. The van der Waals surface area contributed by atoms with Gasteiger partial charge in [-0.05, 0) is 54.4 Å². The van der Waals surface area contributed by atoms with Gasteiger partial charge in [-0.2, -0.15) is 13.2 Å². The highest BCUT2D eigenvalue weighted by molar-refractivity contribution is 5.94. The molecule has 7 nitrogen and oxygen atoms in total. The fourth-order valence-electron chi connectivity index (χ4n) is 4.64. The first-order chi connectivity index (χ1) is 18.2. The molecule has 4 aromatic rings. The number of nitrogens with one attached hydrogen (secondary N) is 4. The Kier molecular flexibility index (Phi) is 7.35. The molecule has 0 aliphatic carbocycles. The monoisotopic (exact) mass is 522 g/mol. The van der Waals surface area contributed by atoms with Crippen LogP contribution in [0.5, 0.6) is 0 Å². The van der Waals surface area contributed by atoms with Gasteiger partial charge in [0.2, 0.25) is 5.91 Å². The third-order valence-electron chi connectivity index (χ3n) is 6.58. The average molecular weight is 523 g/mol. The topological polar surface area (TPSA) is 85.1 Å².